The van der Waals surface area contributed by atoms with Gasteiger partial charge in [-0.25, -0.2) is 4.39 Å². The molecule has 0 saturated heterocycles. The van der Waals surface area contributed by atoms with Gasteiger partial charge in [0.15, 0.2) is 0 Å². The SMILES string of the molecule is N#Cc1cc(F)cc(CCl)c1. The third-order valence-electron chi connectivity index (χ3n) is 1.24. The summed E-state index contributed by atoms with van der Waals surface area (Å²) >= 11 is 5.45. The molecule has 0 saturated carbocycles. The highest BCUT2D eigenvalue weighted by atomic mass is 35.5. The van der Waals surface area contributed by atoms with Crippen molar-refractivity contribution < 1.29 is 4.39 Å². The molecule has 0 atom stereocenters. The molecule has 0 spiro atoms. The summed E-state index contributed by atoms with van der Waals surface area (Å²) < 4.78 is 12.6. The summed E-state index contributed by atoms with van der Waals surface area (Å²) in [5.41, 5.74) is 0.934. The van der Waals surface area contributed by atoms with Gasteiger partial charge >= 0.3 is 0 Å². The smallest absolute Gasteiger partial charge is 0.124 e. The van der Waals surface area contributed by atoms with Crippen molar-refractivity contribution in [2.45, 2.75) is 5.88 Å². The van der Waals surface area contributed by atoms with Crippen molar-refractivity contribution in [1.29, 1.82) is 5.26 Å². The van der Waals surface area contributed by atoms with Gasteiger partial charge in [0, 0.05) is 5.88 Å². The summed E-state index contributed by atoms with van der Waals surface area (Å²) in [7, 11) is 0. The Morgan fingerprint density at radius 1 is 1.45 bits per heavy atom. The number of nitriles is 1. The predicted molar refractivity (Wildman–Crippen MR) is 40.7 cm³/mol. The maximum atomic E-state index is 12.6. The fraction of sp³-hybridized carbons (Fsp3) is 0.125. The van der Waals surface area contributed by atoms with Crippen molar-refractivity contribution in [3.8, 4) is 6.07 Å². The van der Waals surface area contributed by atoms with E-state index in [1.807, 2.05) is 6.07 Å². The standard InChI is InChI=1S/C8H5ClFN/c9-4-6-1-7(5-11)3-8(10)2-6/h1-3H,4H2. The van der Waals surface area contributed by atoms with Gasteiger partial charge in [-0.2, -0.15) is 5.26 Å². The van der Waals surface area contributed by atoms with Crippen LogP contribution in [-0.2, 0) is 5.88 Å². The highest BCUT2D eigenvalue weighted by molar-refractivity contribution is 6.17. The molecule has 0 unspecified atom stereocenters. The quantitative estimate of drug-likeness (QED) is 0.593. The first-order chi connectivity index (χ1) is 5.26. The average Bonchev–Trinajstić information content (AvgIpc) is 2.03. The van der Waals surface area contributed by atoms with Crippen molar-refractivity contribution in [3.63, 3.8) is 0 Å². The van der Waals surface area contributed by atoms with Crippen LogP contribution in [0.15, 0.2) is 18.2 Å². The van der Waals surface area contributed by atoms with Crippen LogP contribution in [-0.4, -0.2) is 0 Å². The number of benzene rings is 1. The summed E-state index contributed by atoms with van der Waals surface area (Å²) in [6.45, 7) is 0. The second-order valence-corrected chi connectivity index (χ2v) is 2.36. The summed E-state index contributed by atoms with van der Waals surface area (Å²) in [4.78, 5) is 0. The lowest BCUT2D eigenvalue weighted by Crippen LogP contribution is -1.84. The predicted octanol–water partition coefficient (Wildman–Crippen LogP) is 2.44. The monoisotopic (exact) mass is 169 g/mol. The summed E-state index contributed by atoms with van der Waals surface area (Å²) in [6.07, 6.45) is 0. The zero-order valence-corrected chi connectivity index (χ0v) is 6.40. The minimum Gasteiger partial charge on any atom is -0.207 e. The fourth-order valence-electron chi connectivity index (χ4n) is 0.792. The highest BCUT2D eigenvalue weighted by Crippen LogP contribution is 2.10. The zero-order chi connectivity index (χ0) is 8.27. The Labute approximate surface area is 69.0 Å². The van der Waals surface area contributed by atoms with Gasteiger partial charge in [-0.1, -0.05) is 0 Å². The maximum absolute atomic E-state index is 12.6. The third kappa shape index (κ3) is 1.92. The number of alkyl halides is 1. The molecule has 1 nitrogen and oxygen atoms in total. The topological polar surface area (TPSA) is 23.8 Å². The van der Waals surface area contributed by atoms with Crippen molar-refractivity contribution in [1.82, 2.24) is 0 Å². The molecular weight excluding hydrogens is 165 g/mol. The van der Waals surface area contributed by atoms with Gasteiger partial charge < -0.3 is 0 Å². The number of hydrogen-bond acceptors (Lipinski definition) is 1. The van der Waals surface area contributed by atoms with Crippen LogP contribution in [0, 0.1) is 17.1 Å². The Morgan fingerprint density at radius 2 is 2.18 bits per heavy atom. The maximum Gasteiger partial charge on any atom is 0.124 e. The Hall–Kier alpha value is -1.07. The van der Waals surface area contributed by atoms with E-state index in [0.29, 0.717) is 11.1 Å². The van der Waals surface area contributed by atoms with Crippen molar-refractivity contribution in [3.05, 3.63) is 35.1 Å². The molecule has 11 heavy (non-hydrogen) atoms. The van der Waals surface area contributed by atoms with Crippen molar-refractivity contribution >= 4 is 11.6 Å². The number of nitrogens with zero attached hydrogens (tertiary/aromatic N) is 1. The molecule has 0 aliphatic rings. The van der Waals surface area contributed by atoms with Gasteiger partial charge in [-0.15, -0.1) is 11.6 Å². The van der Waals surface area contributed by atoms with Crippen LogP contribution in [0.2, 0.25) is 0 Å². The summed E-state index contributed by atoms with van der Waals surface area (Å²) in [5, 5.41) is 8.42. The van der Waals surface area contributed by atoms with Crippen LogP contribution in [0.5, 0.6) is 0 Å². The largest absolute Gasteiger partial charge is 0.207 e. The van der Waals surface area contributed by atoms with Crippen LogP contribution < -0.4 is 0 Å². The molecule has 0 aliphatic heterocycles. The molecule has 0 radical (unpaired) electrons. The van der Waals surface area contributed by atoms with Crippen molar-refractivity contribution in [2.24, 2.45) is 0 Å². The molecule has 0 N–H and O–H groups in total. The molecule has 0 aliphatic carbocycles. The second kappa shape index (κ2) is 3.36. The molecule has 56 valence electrons. The normalized spacial score (nSPS) is 9.18. The van der Waals surface area contributed by atoms with E-state index in [2.05, 4.69) is 0 Å². The fourth-order valence-corrected chi connectivity index (χ4v) is 0.946. The lowest BCUT2D eigenvalue weighted by Gasteiger charge is -1.95. The Kier molecular flexibility index (Phi) is 2.45. The number of rotatable bonds is 1. The minimum absolute atomic E-state index is 0.229. The van der Waals surface area contributed by atoms with Crippen LogP contribution >= 0.6 is 11.6 Å². The Morgan fingerprint density at radius 3 is 2.73 bits per heavy atom. The number of hydrogen-bond donors (Lipinski definition) is 0. The van der Waals surface area contributed by atoms with Gasteiger partial charge in [-0.05, 0) is 23.8 Å². The first-order valence-electron chi connectivity index (χ1n) is 3.02. The van der Waals surface area contributed by atoms with E-state index in [1.165, 1.54) is 12.1 Å². The van der Waals surface area contributed by atoms with E-state index in [1.54, 1.807) is 6.07 Å². The van der Waals surface area contributed by atoms with Gasteiger partial charge in [-0.3, -0.25) is 0 Å². The highest BCUT2D eigenvalue weighted by Gasteiger charge is 1.97. The number of halogens is 2. The van der Waals surface area contributed by atoms with Gasteiger partial charge in [0.2, 0.25) is 0 Å². The first-order valence-corrected chi connectivity index (χ1v) is 3.55. The molecule has 0 heterocycles. The average molecular weight is 170 g/mol. The second-order valence-electron chi connectivity index (χ2n) is 2.09. The molecule has 1 aromatic rings. The molecule has 0 fully saturated rings. The summed E-state index contributed by atoms with van der Waals surface area (Å²) in [5.74, 6) is -0.188. The van der Waals surface area contributed by atoms with E-state index in [0.717, 1.165) is 0 Å². The molecule has 3 heteroatoms. The lowest BCUT2D eigenvalue weighted by molar-refractivity contribution is 0.626. The molecule has 1 aromatic carbocycles. The van der Waals surface area contributed by atoms with E-state index in [-0.39, 0.29) is 5.88 Å². The van der Waals surface area contributed by atoms with E-state index in [4.69, 9.17) is 16.9 Å². The Balaban J connectivity index is 3.15. The molecule has 1 rings (SSSR count). The molecule has 0 bridgehead atoms. The van der Waals surface area contributed by atoms with Crippen molar-refractivity contribution in [2.75, 3.05) is 0 Å². The van der Waals surface area contributed by atoms with Crippen LogP contribution in [0.25, 0.3) is 0 Å². The van der Waals surface area contributed by atoms with Gasteiger partial charge in [0.25, 0.3) is 0 Å². The molecular formula is C8H5ClFN. The van der Waals surface area contributed by atoms with Crippen LogP contribution in [0.3, 0.4) is 0 Å². The summed E-state index contributed by atoms with van der Waals surface area (Å²) in [6, 6.07) is 5.90. The van der Waals surface area contributed by atoms with E-state index < -0.39 is 5.82 Å². The molecule has 0 aromatic heterocycles. The minimum atomic E-state index is -0.417. The third-order valence-corrected chi connectivity index (χ3v) is 1.55. The van der Waals surface area contributed by atoms with Gasteiger partial charge in [0.05, 0.1) is 11.6 Å². The van der Waals surface area contributed by atoms with Crippen LogP contribution in [0.1, 0.15) is 11.1 Å². The van der Waals surface area contributed by atoms with E-state index >= 15 is 0 Å². The van der Waals surface area contributed by atoms with E-state index in [9.17, 15) is 4.39 Å². The lowest BCUT2D eigenvalue weighted by atomic mass is 10.1. The van der Waals surface area contributed by atoms with Crippen LogP contribution in [0.4, 0.5) is 4.39 Å². The van der Waals surface area contributed by atoms with Gasteiger partial charge in [0.1, 0.15) is 5.82 Å². The zero-order valence-electron chi connectivity index (χ0n) is 5.64. The first kappa shape index (κ1) is 8.03. The molecule has 0 amide bonds. The Bertz CT molecular complexity index is 303.